The van der Waals surface area contributed by atoms with Crippen LogP contribution in [-0.4, -0.2) is 34.5 Å². The third kappa shape index (κ3) is 5.53. The summed E-state index contributed by atoms with van der Waals surface area (Å²) in [6.45, 7) is 4.52. The van der Waals surface area contributed by atoms with Gasteiger partial charge in [0.15, 0.2) is 0 Å². The van der Waals surface area contributed by atoms with Gasteiger partial charge in [-0.2, -0.15) is 0 Å². The summed E-state index contributed by atoms with van der Waals surface area (Å²) in [6, 6.07) is 46.1. The zero-order chi connectivity index (χ0) is 27.5. The van der Waals surface area contributed by atoms with Gasteiger partial charge in [0, 0.05) is 24.7 Å². The number of benzene rings is 4. The third-order valence-electron chi connectivity index (χ3n) is 10.6. The molecule has 4 aromatic carbocycles. The molecule has 4 fully saturated rings. The highest BCUT2D eigenvalue weighted by molar-refractivity contribution is 5.34. The lowest BCUT2D eigenvalue weighted by Gasteiger charge is -2.64. The predicted molar refractivity (Wildman–Crippen MR) is 170 cm³/mol. The van der Waals surface area contributed by atoms with Crippen LogP contribution >= 0.6 is 0 Å². The van der Waals surface area contributed by atoms with Gasteiger partial charge in [0.2, 0.25) is 0 Å². The maximum atomic E-state index is 2.97. The number of rotatable bonds is 8. The molecule has 4 aromatic rings. The zero-order valence-electron chi connectivity index (χ0n) is 24.3. The summed E-state index contributed by atoms with van der Waals surface area (Å²) < 4.78 is 0. The van der Waals surface area contributed by atoms with Gasteiger partial charge in [-0.1, -0.05) is 128 Å². The molecule has 4 aliphatic rings. The first-order valence-corrected chi connectivity index (χ1v) is 16.0. The van der Waals surface area contributed by atoms with Gasteiger partial charge in [0.05, 0.1) is 0 Å². The molecule has 0 radical (unpaired) electrons. The summed E-state index contributed by atoms with van der Waals surface area (Å²) in [5, 5.41) is 0. The van der Waals surface area contributed by atoms with E-state index in [-0.39, 0.29) is 5.54 Å². The van der Waals surface area contributed by atoms with Crippen molar-refractivity contribution in [1.29, 1.82) is 0 Å². The summed E-state index contributed by atoms with van der Waals surface area (Å²) in [4.78, 5) is 5.84. The fraction of sp³-hybridized carbons (Fsp3) is 0.385. The second-order valence-electron chi connectivity index (χ2n) is 12.9. The Hall–Kier alpha value is -3.20. The van der Waals surface area contributed by atoms with E-state index in [9.17, 15) is 0 Å². The Bertz CT molecular complexity index is 1270. The van der Waals surface area contributed by atoms with Gasteiger partial charge in [0.1, 0.15) is 0 Å². The van der Waals surface area contributed by atoms with Crippen LogP contribution < -0.4 is 0 Å². The number of fused-ring (bicyclic) bond motifs is 3. The molecular weight excluding hydrogens is 496 g/mol. The summed E-state index contributed by atoms with van der Waals surface area (Å²) in [7, 11) is 0. The van der Waals surface area contributed by atoms with Crippen LogP contribution in [-0.2, 0) is 13.1 Å². The highest BCUT2D eigenvalue weighted by Gasteiger charge is 2.58. The topological polar surface area (TPSA) is 6.48 Å². The first kappa shape index (κ1) is 26.7. The van der Waals surface area contributed by atoms with Crippen molar-refractivity contribution in [3.8, 4) is 0 Å². The standard InChI is InChI=1S/C39H44N2/c1-6-16-31(17-7-1)29-40(30-32-18-8-2-9-19-32)37-28-39(41-24-14-5-15-25-41)26-35(33-20-10-3-11-21-33)38(37)36(27-39)34-22-12-4-13-23-34/h1-4,6-13,16-23,35-38H,5,14-15,24-30H2. The number of likely N-dealkylation sites (tertiary alicyclic amines) is 1. The zero-order valence-corrected chi connectivity index (χ0v) is 24.3. The van der Waals surface area contributed by atoms with Gasteiger partial charge in [-0.15, -0.1) is 0 Å². The molecule has 0 N–H and O–H groups in total. The smallest absolute Gasteiger partial charge is 0.0240 e. The van der Waals surface area contributed by atoms with Gasteiger partial charge in [0.25, 0.3) is 0 Å². The number of nitrogens with zero attached hydrogens (tertiary/aromatic N) is 2. The average molecular weight is 541 g/mol. The maximum Gasteiger partial charge on any atom is 0.0240 e. The molecule has 0 spiro atoms. The third-order valence-corrected chi connectivity index (χ3v) is 10.6. The van der Waals surface area contributed by atoms with Gasteiger partial charge >= 0.3 is 0 Å². The monoisotopic (exact) mass is 540 g/mol. The van der Waals surface area contributed by atoms with E-state index in [1.165, 1.54) is 62.7 Å². The minimum atomic E-state index is 0.243. The Kier molecular flexibility index (Phi) is 7.78. The van der Waals surface area contributed by atoms with Crippen molar-refractivity contribution in [2.24, 2.45) is 5.92 Å². The molecule has 2 bridgehead atoms. The fourth-order valence-electron chi connectivity index (χ4n) is 8.82. The molecule has 1 aliphatic heterocycles. The lowest BCUT2D eigenvalue weighted by molar-refractivity contribution is -0.0953. The molecule has 41 heavy (non-hydrogen) atoms. The minimum absolute atomic E-state index is 0.243. The Morgan fingerprint density at radius 3 is 1.44 bits per heavy atom. The van der Waals surface area contributed by atoms with Crippen LogP contribution in [0.5, 0.6) is 0 Å². The van der Waals surface area contributed by atoms with E-state index in [0.717, 1.165) is 13.1 Å². The molecule has 2 heteroatoms. The van der Waals surface area contributed by atoms with Crippen LogP contribution in [0.25, 0.3) is 0 Å². The molecule has 1 saturated heterocycles. The summed E-state index contributed by atoms with van der Waals surface area (Å²) in [6.07, 6.45) is 7.96. The maximum absolute atomic E-state index is 2.97. The quantitative estimate of drug-likeness (QED) is 0.221. The van der Waals surface area contributed by atoms with E-state index in [2.05, 4.69) is 131 Å². The first-order valence-electron chi connectivity index (χ1n) is 16.0. The molecule has 2 nitrogen and oxygen atoms in total. The fourth-order valence-corrected chi connectivity index (χ4v) is 8.82. The van der Waals surface area contributed by atoms with Gasteiger partial charge in [-0.3, -0.25) is 9.80 Å². The number of hydrogen-bond acceptors (Lipinski definition) is 2. The van der Waals surface area contributed by atoms with Crippen LogP contribution in [0.1, 0.15) is 72.6 Å². The van der Waals surface area contributed by atoms with Crippen LogP contribution in [0.4, 0.5) is 0 Å². The second kappa shape index (κ2) is 12.0. The largest absolute Gasteiger partial charge is 0.298 e. The molecule has 1 heterocycles. The second-order valence-corrected chi connectivity index (χ2v) is 12.9. The van der Waals surface area contributed by atoms with Crippen molar-refractivity contribution in [2.75, 3.05) is 13.1 Å². The van der Waals surface area contributed by atoms with Crippen molar-refractivity contribution < 1.29 is 0 Å². The van der Waals surface area contributed by atoms with E-state index in [0.29, 0.717) is 23.8 Å². The summed E-state index contributed by atoms with van der Waals surface area (Å²) in [5.41, 5.74) is 6.17. The first-order chi connectivity index (χ1) is 20.3. The Morgan fingerprint density at radius 1 is 0.537 bits per heavy atom. The average Bonchev–Trinajstić information content (AvgIpc) is 3.06. The van der Waals surface area contributed by atoms with Gasteiger partial charge in [-0.05, 0) is 85.2 Å². The SMILES string of the molecule is c1ccc(CN(Cc2ccccc2)C2CC3(N4CCCCC4)CC(c4ccccc4)C2C(c2ccccc2)C3)cc1. The number of piperidine rings is 1. The van der Waals surface area contributed by atoms with E-state index >= 15 is 0 Å². The molecule has 3 unspecified atom stereocenters. The Labute approximate surface area is 247 Å². The minimum Gasteiger partial charge on any atom is -0.298 e. The molecule has 3 saturated carbocycles. The molecule has 0 aromatic heterocycles. The lowest BCUT2D eigenvalue weighted by Crippen LogP contribution is -2.66. The van der Waals surface area contributed by atoms with E-state index < -0.39 is 0 Å². The normalized spacial score (nSPS) is 28.1. The number of hydrogen-bond donors (Lipinski definition) is 0. The molecule has 8 rings (SSSR count). The Balaban J connectivity index is 1.36. The van der Waals surface area contributed by atoms with Crippen LogP contribution in [0.2, 0.25) is 0 Å². The van der Waals surface area contributed by atoms with Crippen LogP contribution in [0, 0.1) is 5.92 Å². The molecular formula is C39H44N2. The van der Waals surface area contributed by atoms with E-state index in [4.69, 9.17) is 0 Å². The van der Waals surface area contributed by atoms with E-state index in [1.54, 1.807) is 11.1 Å². The molecule has 3 atom stereocenters. The van der Waals surface area contributed by atoms with E-state index in [1.807, 2.05) is 0 Å². The molecule has 210 valence electrons. The van der Waals surface area contributed by atoms with Gasteiger partial charge in [-0.25, -0.2) is 0 Å². The van der Waals surface area contributed by atoms with Crippen molar-refractivity contribution in [3.05, 3.63) is 144 Å². The lowest BCUT2D eigenvalue weighted by atomic mass is 9.50. The van der Waals surface area contributed by atoms with Crippen molar-refractivity contribution in [1.82, 2.24) is 9.80 Å². The summed E-state index contributed by atoms with van der Waals surface area (Å²) >= 11 is 0. The Morgan fingerprint density at radius 2 is 0.976 bits per heavy atom. The van der Waals surface area contributed by atoms with Crippen LogP contribution in [0.15, 0.2) is 121 Å². The van der Waals surface area contributed by atoms with Crippen molar-refractivity contribution in [3.63, 3.8) is 0 Å². The van der Waals surface area contributed by atoms with Gasteiger partial charge < -0.3 is 0 Å². The highest BCUT2D eigenvalue weighted by atomic mass is 15.2. The van der Waals surface area contributed by atoms with Crippen LogP contribution in [0.3, 0.4) is 0 Å². The molecule has 3 aliphatic carbocycles. The highest BCUT2D eigenvalue weighted by Crippen LogP contribution is 2.61. The summed E-state index contributed by atoms with van der Waals surface area (Å²) in [5.74, 6) is 1.70. The molecule has 0 amide bonds. The predicted octanol–water partition coefficient (Wildman–Crippen LogP) is 8.66. The van der Waals surface area contributed by atoms with Crippen molar-refractivity contribution in [2.45, 2.75) is 75.0 Å². The van der Waals surface area contributed by atoms with Crippen molar-refractivity contribution >= 4 is 0 Å².